The maximum Gasteiger partial charge on any atom is 0.227 e. The highest BCUT2D eigenvalue weighted by Crippen LogP contribution is 2.59. The summed E-state index contributed by atoms with van der Waals surface area (Å²) < 4.78 is 0. The Labute approximate surface area is 245 Å². The molecule has 0 aromatic rings. The molecule has 4 aliphatic rings. The largest absolute Gasteiger partial charge is 0.350 e. The molecule has 2 saturated heterocycles. The Morgan fingerprint density at radius 3 is 2.59 bits per heavy atom. The zero-order chi connectivity index (χ0) is 28.2. The molecule has 0 aromatic carbocycles. The lowest BCUT2D eigenvalue weighted by Crippen LogP contribution is -2.71. The Kier molecular flexibility index (Phi) is 11.2. The van der Waals surface area contributed by atoms with E-state index in [2.05, 4.69) is 52.4 Å². The Morgan fingerprint density at radius 1 is 1.18 bits per heavy atom. The van der Waals surface area contributed by atoms with Crippen molar-refractivity contribution in [3.63, 3.8) is 0 Å². The van der Waals surface area contributed by atoms with Crippen molar-refractivity contribution in [2.45, 2.75) is 101 Å². The number of alkyl halides is 1. The smallest absolute Gasteiger partial charge is 0.227 e. The van der Waals surface area contributed by atoms with Crippen molar-refractivity contribution in [1.82, 2.24) is 25.8 Å². The lowest BCUT2D eigenvalue weighted by atomic mass is 9.82. The van der Waals surface area contributed by atoms with Crippen LogP contribution in [0.1, 0.15) is 65.2 Å². The molecular weight excluding hydrogens is 533 g/mol. The normalized spacial score (nSPS) is 34.9. The molecule has 1 saturated carbocycles. The van der Waals surface area contributed by atoms with E-state index in [0.29, 0.717) is 11.6 Å². The first-order valence-corrected chi connectivity index (χ1v) is 16.0. The van der Waals surface area contributed by atoms with Gasteiger partial charge in [-0.15, -0.1) is 17.3 Å². The van der Waals surface area contributed by atoms with Crippen molar-refractivity contribution < 1.29 is 4.79 Å². The zero-order valence-electron chi connectivity index (χ0n) is 24.2. The number of amides is 1. The van der Waals surface area contributed by atoms with Crippen molar-refractivity contribution in [3.05, 3.63) is 16.3 Å². The molecule has 3 heterocycles. The van der Waals surface area contributed by atoms with Crippen LogP contribution in [0.4, 0.5) is 0 Å². The quantitative estimate of drug-likeness (QED) is 0.110. The summed E-state index contributed by atoms with van der Waals surface area (Å²) in [7, 11) is 2.16. The van der Waals surface area contributed by atoms with Crippen molar-refractivity contribution in [3.8, 4) is 0 Å². The van der Waals surface area contributed by atoms with Crippen molar-refractivity contribution in [1.29, 1.82) is 0 Å². The minimum absolute atomic E-state index is 0.0407. The van der Waals surface area contributed by atoms with Gasteiger partial charge in [0.1, 0.15) is 0 Å². The third-order valence-corrected chi connectivity index (χ3v) is 10.1. The van der Waals surface area contributed by atoms with E-state index >= 15 is 0 Å². The molecule has 10 heteroatoms. The molecule has 39 heavy (non-hydrogen) atoms. The number of hydrogen-bond donors (Lipinski definition) is 5. The summed E-state index contributed by atoms with van der Waals surface area (Å²) in [4.78, 5) is 19.0. The topological polar surface area (TPSA) is 112 Å². The highest BCUT2D eigenvalue weighted by molar-refractivity contribution is 6.29. The third kappa shape index (κ3) is 7.59. The van der Waals surface area contributed by atoms with Gasteiger partial charge in [0.2, 0.25) is 5.91 Å². The van der Waals surface area contributed by atoms with E-state index < -0.39 is 12.1 Å². The van der Waals surface area contributed by atoms with Crippen molar-refractivity contribution in [2.24, 2.45) is 22.8 Å². The highest BCUT2D eigenvalue weighted by atomic mass is 35.5. The minimum atomic E-state index is -0.793. The summed E-state index contributed by atoms with van der Waals surface area (Å²) in [6, 6.07) is -0.0806. The van der Waals surface area contributed by atoms with E-state index in [1.54, 1.807) is 0 Å². The van der Waals surface area contributed by atoms with E-state index in [-0.39, 0.29) is 40.9 Å². The van der Waals surface area contributed by atoms with Gasteiger partial charge >= 0.3 is 0 Å². The number of piperazine rings is 1. The maximum absolute atomic E-state index is 14.2. The second-order valence-electron chi connectivity index (χ2n) is 12.4. The first kappa shape index (κ1) is 31.3. The monoisotopic (exact) mass is 583 g/mol. The number of piperidine rings is 1. The minimum Gasteiger partial charge on any atom is -0.350 e. The SMILES string of the molecule is CCCCCC1NCC(Cl)C(N2CCN(C)CC2)C1NC(=O)C(C(N)N)C1CC2(CCC)CC2=C=C(Cl)CN1. The van der Waals surface area contributed by atoms with Gasteiger partial charge in [-0.25, -0.2) is 0 Å². The number of fused-ring (bicyclic) bond motifs is 1. The number of unbranched alkanes of at least 4 members (excludes halogenated alkanes) is 2. The molecule has 7 N–H and O–H groups in total. The van der Waals surface area contributed by atoms with Crippen LogP contribution in [0.2, 0.25) is 0 Å². The number of carbonyl (C=O) groups is 1. The zero-order valence-corrected chi connectivity index (χ0v) is 25.7. The number of likely N-dealkylation sites (N-methyl/N-ethyl adjacent to an activating group) is 1. The summed E-state index contributed by atoms with van der Waals surface area (Å²) in [6.07, 6.45) is 7.58. The van der Waals surface area contributed by atoms with Crippen LogP contribution >= 0.6 is 23.2 Å². The molecule has 8 nitrogen and oxygen atoms in total. The fraction of sp³-hybridized carbons (Fsp3) is 0.862. The molecule has 1 amide bonds. The second-order valence-corrected chi connectivity index (χ2v) is 13.4. The molecule has 0 spiro atoms. The van der Waals surface area contributed by atoms with Gasteiger partial charge in [0, 0.05) is 62.8 Å². The summed E-state index contributed by atoms with van der Waals surface area (Å²) in [6.45, 7) is 9.52. The Hall–Kier alpha value is -0.670. The predicted octanol–water partition coefficient (Wildman–Crippen LogP) is 2.31. The van der Waals surface area contributed by atoms with E-state index in [4.69, 9.17) is 34.7 Å². The molecule has 222 valence electrons. The highest BCUT2D eigenvalue weighted by Gasteiger charge is 2.52. The first-order valence-electron chi connectivity index (χ1n) is 15.2. The Morgan fingerprint density at radius 2 is 1.92 bits per heavy atom. The van der Waals surface area contributed by atoms with Crippen LogP contribution in [-0.4, -0.2) is 97.7 Å². The van der Waals surface area contributed by atoms with Crippen molar-refractivity contribution in [2.75, 3.05) is 46.3 Å². The molecule has 3 aliphatic heterocycles. The summed E-state index contributed by atoms with van der Waals surface area (Å²) in [5.74, 6) is -0.665. The van der Waals surface area contributed by atoms with Crippen LogP contribution in [0.3, 0.4) is 0 Å². The van der Waals surface area contributed by atoms with E-state index in [0.717, 1.165) is 77.7 Å². The van der Waals surface area contributed by atoms with Gasteiger partial charge in [0.25, 0.3) is 0 Å². The van der Waals surface area contributed by atoms with Gasteiger partial charge < -0.3 is 32.3 Å². The van der Waals surface area contributed by atoms with E-state index in [1.165, 1.54) is 12.0 Å². The fourth-order valence-electron chi connectivity index (χ4n) is 7.18. The lowest BCUT2D eigenvalue weighted by molar-refractivity contribution is -0.128. The van der Waals surface area contributed by atoms with E-state index in [1.807, 2.05) is 0 Å². The molecule has 4 rings (SSSR count). The van der Waals surface area contributed by atoms with Crippen molar-refractivity contribution >= 4 is 29.1 Å². The number of nitrogens with zero attached hydrogens (tertiary/aromatic N) is 2. The Bertz CT molecular complexity index is 902. The van der Waals surface area contributed by atoms with Gasteiger partial charge in [-0.2, -0.15) is 0 Å². The summed E-state index contributed by atoms with van der Waals surface area (Å²) >= 11 is 13.5. The van der Waals surface area contributed by atoms with Crippen LogP contribution in [0, 0.1) is 11.3 Å². The van der Waals surface area contributed by atoms with Crippen LogP contribution in [0.25, 0.3) is 0 Å². The fourth-order valence-corrected chi connectivity index (χ4v) is 7.78. The number of hydrogen-bond acceptors (Lipinski definition) is 7. The summed E-state index contributed by atoms with van der Waals surface area (Å²) in [5.41, 5.74) is 17.5. The van der Waals surface area contributed by atoms with Gasteiger partial charge in [0.05, 0.1) is 28.5 Å². The van der Waals surface area contributed by atoms with Gasteiger partial charge in [-0.1, -0.05) is 51.1 Å². The Balaban J connectivity index is 1.56. The lowest BCUT2D eigenvalue weighted by Gasteiger charge is -2.49. The number of carbonyl (C=O) groups excluding carboxylic acids is 1. The average Bonchev–Trinajstić information content (AvgIpc) is 3.53. The number of rotatable bonds is 11. The van der Waals surface area contributed by atoms with Crippen LogP contribution < -0.4 is 27.4 Å². The maximum atomic E-state index is 14.2. The number of halogens is 2. The average molecular weight is 585 g/mol. The van der Waals surface area contributed by atoms with Gasteiger partial charge in [-0.3, -0.25) is 9.69 Å². The second kappa shape index (κ2) is 14.0. The molecule has 1 aliphatic carbocycles. The predicted molar refractivity (Wildman–Crippen MR) is 161 cm³/mol. The molecule has 7 atom stereocenters. The molecule has 0 bridgehead atoms. The van der Waals surface area contributed by atoms with Crippen LogP contribution in [0.5, 0.6) is 0 Å². The van der Waals surface area contributed by atoms with Crippen LogP contribution in [0.15, 0.2) is 16.3 Å². The third-order valence-electron chi connectivity index (χ3n) is 9.46. The van der Waals surface area contributed by atoms with Crippen LogP contribution in [-0.2, 0) is 4.79 Å². The molecule has 3 fully saturated rings. The number of nitrogens with one attached hydrogen (secondary N) is 3. The summed E-state index contributed by atoms with van der Waals surface area (Å²) in [5, 5.41) is 11.2. The molecular formula is C29H51Cl2N7O. The molecule has 7 unspecified atom stereocenters. The van der Waals surface area contributed by atoms with Gasteiger partial charge in [0.15, 0.2) is 0 Å². The van der Waals surface area contributed by atoms with E-state index in [9.17, 15) is 4.79 Å². The van der Waals surface area contributed by atoms with Gasteiger partial charge in [-0.05, 0) is 38.3 Å². The number of nitrogens with two attached hydrogens (primary N) is 2. The molecule has 0 radical (unpaired) electrons. The first-order chi connectivity index (χ1) is 18.7. The standard InChI is InChI=1S/C29H51Cl2N7O/c1-4-6-7-8-22-25(26(21(31)18-35-22)38-12-10-37(3)11-13-38)36-28(39)24(27(32)33)23-16-29(9-5-2)15-19(29)14-20(30)17-34-23/h21-27,34-35H,4-13,15-18,32-33H2,1-3H3,(H,36,39). The molecule has 0 aromatic heterocycles.